The summed E-state index contributed by atoms with van der Waals surface area (Å²) in [7, 11) is 0. The number of ether oxygens (including phenoxy) is 1. The predicted octanol–water partition coefficient (Wildman–Crippen LogP) is 4.73. The normalized spacial score (nSPS) is 14.4. The van der Waals surface area contributed by atoms with Gasteiger partial charge in [0.1, 0.15) is 12.4 Å². The number of carbonyl (C=O) groups is 1. The molecule has 7 nitrogen and oxygen atoms in total. The number of hydrogen-bond donors (Lipinski definition) is 3. The number of benzene rings is 3. The van der Waals surface area contributed by atoms with Crippen molar-refractivity contribution in [2.24, 2.45) is 0 Å². The average molecular weight is 521 g/mol. The van der Waals surface area contributed by atoms with Gasteiger partial charge in [-0.15, -0.1) is 0 Å². The molecule has 1 aliphatic rings. The highest BCUT2D eigenvalue weighted by atomic mass is 19.4. The molecule has 0 saturated carbocycles. The van der Waals surface area contributed by atoms with Crippen LogP contribution in [0.25, 0.3) is 0 Å². The minimum Gasteiger partial charge on any atom is -0.502 e. The SMILES string of the molecule is O=C(NCc1ccc(C(F)(F)F)cc1)c1c(O)c(=O)ccn1NC1c2ccccc2COc2ccccc21. The summed E-state index contributed by atoms with van der Waals surface area (Å²) in [5.41, 5.74) is 4.31. The number of carbonyl (C=O) groups excluding carboxylic acids is 1. The van der Waals surface area contributed by atoms with Crippen molar-refractivity contribution in [2.45, 2.75) is 25.4 Å². The smallest absolute Gasteiger partial charge is 0.416 e. The third-order valence-corrected chi connectivity index (χ3v) is 6.27. The van der Waals surface area contributed by atoms with Crippen LogP contribution in [-0.4, -0.2) is 15.7 Å². The van der Waals surface area contributed by atoms with Crippen LogP contribution in [-0.2, 0) is 19.3 Å². The Labute approximate surface area is 215 Å². The summed E-state index contributed by atoms with van der Waals surface area (Å²) in [6.45, 7) is 0.212. The van der Waals surface area contributed by atoms with E-state index in [2.05, 4.69) is 10.7 Å². The number of amides is 1. The second-order valence-electron chi connectivity index (χ2n) is 8.71. The zero-order valence-corrected chi connectivity index (χ0v) is 19.8. The molecule has 1 amide bonds. The maximum absolute atomic E-state index is 13.2. The van der Waals surface area contributed by atoms with Gasteiger partial charge in [-0.1, -0.05) is 54.6 Å². The molecule has 1 unspecified atom stereocenters. The van der Waals surface area contributed by atoms with E-state index < -0.39 is 34.9 Å². The first-order valence-corrected chi connectivity index (χ1v) is 11.7. The molecule has 1 aliphatic heterocycles. The lowest BCUT2D eigenvalue weighted by atomic mass is 9.95. The molecule has 0 aliphatic carbocycles. The maximum atomic E-state index is 13.2. The number of nitrogens with zero attached hydrogens (tertiary/aromatic N) is 1. The number of aromatic hydroxyl groups is 1. The van der Waals surface area contributed by atoms with Crippen molar-refractivity contribution >= 4 is 5.91 Å². The van der Waals surface area contributed by atoms with Gasteiger partial charge in [0, 0.05) is 24.4 Å². The van der Waals surface area contributed by atoms with E-state index in [1.807, 2.05) is 48.5 Å². The van der Waals surface area contributed by atoms with Crippen molar-refractivity contribution in [3.63, 3.8) is 0 Å². The molecule has 38 heavy (non-hydrogen) atoms. The molecule has 2 heterocycles. The summed E-state index contributed by atoms with van der Waals surface area (Å²) >= 11 is 0. The lowest BCUT2D eigenvalue weighted by Crippen LogP contribution is -2.33. The maximum Gasteiger partial charge on any atom is 0.416 e. The third kappa shape index (κ3) is 4.93. The van der Waals surface area contributed by atoms with Gasteiger partial charge in [-0.05, 0) is 34.9 Å². The van der Waals surface area contributed by atoms with E-state index in [0.717, 1.165) is 34.9 Å². The Balaban J connectivity index is 1.46. The molecule has 0 saturated heterocycles. The lowest BCUT2D eigenvalue weighted by molar-refractivity contribution is -0.137. The summed E-state index contributed by atoms with van der Waals surface area (Å²) in [6.07, 6.45) is -3.13. The molecule has 0 radical (unpaired) electrons. The van der Waals surface area contributed by atoms with E-state index in [-0.39, 0.29) is 12.2 Å². The van der Waals surface area contributed by atoms with E-state index in [9.17, 15) is 27.9 Å². The average Bonchev–Trinajstić information content (AvgIpc) is 3.06. The highest BCUT2D eigenvalue weighted by Gasteiger charge is 2.30. The standard InChI is InChI=1S/C28H22F3N3O4/c29-28(30,31)19-11-9-17(10-12-19)15-32-27(37)25-26(36)22(35)13-14-34(25)33-24-20-6-2-1-5-18(20)16-38-23-8-4-3-7-21(23)24/h1-14,24,33,36H,15-16H2,(H,32,37). The van der Waals surface area contributed by atoms with E-state index in [1.54, 1.807) is 0 Å². The molecule has 1 atom stereocenters. The molecule has 0 fully saturated rings. The van der Waals surface area contributed by atoms with Gasteiger partial charge < -0.3 is 20.6 Å². The van der Waals surface area contributed by atoms with Gasteiger partial charge in [-0.2, -0.15) is 13.2 Å². The van der Waals surface area contributed by atoms with E-state index >= 15 is 0 Å². The number of alkyl halides is 3. The Bertz CT molecular complexity index is 1500. The fourth-order valence-electron chi connectivity index (χ4n) is 4.33. The van der Waals surface area contributed by atoms with Crippen molar-refractivity contribution in [1.29, 1.82) is 0 Å². The molecule has 0 bridgehead atoms. The molecular weight excluding hydrogens is 499 g/mol. The highest BCUT2D eigenvalue weighted by Crippen LogP contribution is 2.36. The Kier molecular flexibility index (Phi) is 6.54. The van der Waals surface area contributed by atoms with Crippen LogP contribution in [0.2, 0.25) is 0 Å². The van der Waals surface area contributed by atoms with Gasteiger partial charge in [0.25, 0.3) is 5.91 Å². The molecule has 1 aromatic heterocycles. The number of aromatic nitrogens is 1. The zero-order chi connectivity index (χ0) is 26.9. The first-order chi connectivity index (χ1) is 18.2. The number of halogens is 3. The molecule has 3 aromatic carbocycles. The molecule has 4 aromatic rings. The molecule has 5 rings (SSSR count). The fourth-order valence-corrected chi connectivity index (χ4v) is 4.33. The van der Waals surface area contributed by atoms with E-state index in [0.29, 0.717) is 17.9 Å². The van der Waals surface area contributed by atoms with Crippen molar-refractivity contribution in [3.8, 4) is 11.5 Å². The largest absolute Gasteiger partial charge is 0.502 e. The molecule has 10 heteroatoms. The number of fused-ring (bicyclic) bond motifs is 2. The van der Waals surface area contributed by atoms with Crippen LogP contribution in [0.15, 0.2) is 89.9 Å². The van der Waals surface area contributed by atoms with Crippen LogP contribution in [0.1, 0.15) is 44.3 Å². The number of hydrogen-bond acceptors (Lipinski definition) is 5. The van der Waals surface area contributed by atoms with Gasteiger partial charge >= 0.3 is 6.18 Å². The van der Waals surface area contributed by atoms with Gasteiger partial charge in [-0.3, -0.25) is 14.3 Å². The number of para-hydroxylation sites is 1. The number of rotatable bonds is 5. The summed E-state index contributed by atoms with van der Waals surface area (Å²) in [6, 6.07) is 20.0. The predicted molar refractivity (Wildman–Crippen MR) is 133 cm³/mol. The summed E-state index contributed by atoms with van der Waals surface area (Å²) in [5, 5.41) is 13.1. The minimum absolute atomic E-state index is 0.123. The number of nitrogens with one attached hydrogen (secondary N) is 2. The van der Waals surface area contributed by atoms with Gasteiger partial charge in [0.05, 0.1) is 11.6 Å². The van der Waals surface area contributed by atoms with E-state index in [1.165, 1.54) is 23.0 Å². The number of pyridine rings is 1. The van der Waals surface area contributed by atoms with Crippen LogP contribution in [0.4, 0.5) is 13.2 Å². The van der Waals surface area contributed by atoms with Crippen LogP contribution in [0.3, 0.4) is 0 Å². The Hall–Kier alpha value is -4.73. The van der Waals surface area contributed by atoms with Crippen LogP contribution in [0, 0.1) is 0 Å². The second-order valence-corrected chi connectivity index (χ2v) is 8.71. The lowest BCUT2D eigenvalue weighted by Gasteiger charge is -2.25. The Morgan fingerprint density at radius 1 is 0.974 bits per heavy atom. The minimum atomic E-state index is -4.47. The van der Waals surface area contributed by atoms with Gasteiger partial charge in [0.2, 0.25) is 5.43 Å². The molecule has 0 spiro atoms. The first-order valence-electron chi connectivity index (χ1n) is 11.7. The van der Waals surface area contributed by atoms with Crippen LogP contribution >= 0.6 is 0 Å². The summed E-state index contributed by atoms with van der Waals surface area (Å²) < 4.78 is 45.8. The molecule has 3 N–H and O–H groups in total. The molecular formula is C28H22F3N3O4. The topological polar surface area (TPSA) is 92.6 Å². The van der Waals surface area contributed by atoms with Crippen molar-refractivity contribution < 1.29 is 27.8 Å². The zero-order valence-electron chi connectivity index (χ0n) is 19.8. The van der Waals surface area contributed by atoms with Crippen LogP contribution < -0.4 is 20.9 Å². The summed E-state index contributed by atoms with van der Waals surface area (Å²) in [5.74, 6) is -0.921. The summed E-state index contributed by atoms with van der Waals surface area (Å²) in [4.78, 5) is 25.4. The highest BCUT2D eigenvalue weighted by molar-refractivity contribution is 5.95. The first kappa shape index (κ1) is 24.9. The fraction of sp³-hybridized carbons (Fsp3) is 0.143. The van der Waals surface area contributed by atoms with E-state index in [4.69, 9.17) is 4.74 Å². The van der Waals surface area contributed by atoms with Crippen molar-refractivity contribution in [3.05, 3.63) is 129 Å². The van der Waals surface area contributed by atoms with Crippen molar-refractivity contribution in [1.82, 2.24) is 9.99 Å². The second kappa shape index (κ2) is 9.97. The monoisotopic (exact) mass is 521 g/mol. The van der Waals surface area contributed by atoms with Gasteiger partial charge in [-0.25, -0.2) is 0 Å². The Morgan fingerprint density at radius 3 is 2.39 bits per heavy atom. The van der Waals surface area contributed by atoms with Crippen LogP contribution in [0.5, 0.6) is 11.5 Å². The quantitative estimate of drug-likeness (QED) is 0.353. The van der Waals surface area contributed by atoms with Gasteiger partial charge in [0.15, 0.2) is 11.4 Å². The third-order valence-electron chi connectivity index (χ3n) is 6.27. The Morgan fingerprint density at radius 2 is 1.66 bits per heavy atom. The van der Waals surface area contributed by atoms with Crippen molar-refractivity contribution in [2.75, 3.05) is 5.43 Å². The molecule has 194 valence electrons.